The molecule has 1 aliphatic heterocycles. The van der Waals surface area contributed by atoms with Gasteiger partial charge < -0.3 is 0 Å². The molecule has 1 aromatic carbocycles. The summed E-state index contributed by atoms with van der Waals surface area (Å²) in [6.07, 6.45) is 5.39. The van der Waals surface area contributed by atoms with Gasteiger partial charge in [0.2, 0.25) is 11.8 Å². The normalized spacial score (nSPS) is 23.2. The fourth-order valence-corrected chi connectivity index (χ4v) is 4.48. The minimum atomic E-state index is -0.179. The molecule has 0 radical (unpaired) electrons. The third kappa shape index (κ3) is 2.91. The molecular weight excluding hydrogens is 406 g/mol. The Labute approximate surface area is 159 Å². The lowest BCUT2D eigenvalue weighted by Crippen LogP contribution is -2.31. The van der Waals surface area contributed by atoms with E-state index in [0.717, 1.165) is 31.2 Å². The van der Waals surface area contributed by atoms with E-state index in [-0.39, 0.29) is 23.7 Å². The van der Waals surface area contributed by atoms with Gasteiger partial charge in [-0.2, -0.15) is 5.10 Å². The Balaban J connectivity index is 1.63. The molecule has 2 atom stereocenters. The number of aromatic nitrogens is 2. The predicted molar refractivity (Wildman–Crippen MR) is 98.4 cm³/mol. The first kappa shape index (κ1) is 16.8. The zero-order valence-electron chi connectivity index (χ0n) is 13.5. The molecule has 2 aliphatic rings. The first-order chi connectivity index (χ1) is 12.1. The molecule has 25 heavy (non-hydrogen) atoms. The second kappa shape index (κ2) is 6.57. The van der Waals surface area contributed by atoms with Gasteiger partial charge in [0.05, 0.1) is 22.9 Å². The lowest BCUT2D eigenvalue weighted by atomic mass is 9.81. The van der Waals surface area contributed by atoms with Gasteiger partial charge in [-0.15, -0.1) is 0 Å². The van der Waals surface area contributed by atoms with Gasteiger partial charge in [-0.25, -0.2) is 4.90 Å². The molecule has 1 aromatic heterocycles. The zero-order chi connectivity index (χ0) is 17.6. The average molecular weight is 423 g/mol. The Morgan fingerprint density at radius 1 is 1.12 bits per heavy atom. The molecule has 0 N–H and O–H groups in total. The number of amides is 2. The van der Waals surface area contributed by atoms with Crippen LogP contribution < -0.4 is 4.90 Å². The van der Waals surface area contributed by atoms with Crippen LogP contribution in [0.4, 0.5) is 5.82 Å². The maximum Gasteiger partial charge on any atom is 0.238 e. The Morgan fingerprint density at radius 3 is 2.40 bits per heavy atom. The van der Waals surface area contributed by atoms with Gasteiger partial charge in [-0.1, -0.05) is 42.6 Å². The zero-order valence-corrected chi connectivity index (χ0v) is 15.8. The summed E-state index contributed by atoms with van der Waals surface area (Å²) in [5, 5.41) is 5.14. The van der Waals surface area contributed by atoms with Gasteiger partial charge in [0, 0.05) is 11.2 Å². The molecule has 1 saturated heterocycles. The quantitative estimate of drug-likeness (QED) is 0.702. The summed E-state index contributed by atoms with van der Waals surface area (Å²) in [5.74, 6) is -0.197. The van der Waals surface area contributed by atoms with Crippen molar-refractivity contribution in [1.29, 1.82) is 0 Å². The number of fused-ring (bicyclic) bond motifs is 1. The minimum Gasteiger partial charge on any atom is -0.274 e. The summed E-state index contributed by atoms with van der Waals surface area (Å²) in [4.78, 5) is 26.7. The van der Waals surface area contributed by atoms with Gasteiger partial charge in [-0.05, 0) is 40.4 Å². The van der Waals surface area contributed by atoms with Crippen LogP contribution in [0.5, 0.6) is 0 Å². The second-order valence-corrected chi connectivity index (χ2v) is 7.86. The van der Waals surface area contributed by atoms with Crippen molar-refractivity contribution >= 4 is 45.2 Å². The van der Waals surface area contributed by atoms with E-state index in [1.165, 1.54) is 4.90 Å². The Kier molecular flexibility index (Phi) is 4.41. The SMILES string of the molecule is O=C1[C@H]2CCCC[C@@H]2C(=O)N1c1nn(Cc2ccccc2Cl)cc1Br. The molecule has 0 spiro atoms. The van der Waals surface area contributed by atoms with Crippen molar-refractivity contribution in [2.24, 2.45) is 11.8 Å². The summed E-state index contributed by atoms with van der Waals surface area (Å²) < 4.78 is 2.34. The van der Waals surface area contributed by atoms with Gasteiger partial charge in [0.25, 0.3) is 0 Å². The Hall–Kier alpha value is -1.66. The molecule has 2 amide bonds. The van der Waals surface area contributed by atoms with Crippen LogP contribution in [-0.2, 0) is 16.1 Å². The van der Waals surface area contributed by atoms with Gasteiger partial charge in [0.1, 0.15) is 0 Å². The Morgan fingerprint density at radius 2 is 1.76 bits per heavy atom. The smallest absolute Gasteiger partial charge is 0.238 e. The summed E-state index contributed by atoms with van der Waals surface area (Å²) >= 11 is 9.66. The van der Waals surface area contributed by atoms with Crippen LogP contribution in [0.3, 0.4) is 0 Å². The molecule has 1 saturated carbocycles. The molecule has 5 nitrogen and oxygen atoms in total. The van der Waals surface area contributed by atoms with E-state index in [0.29, 0.717) is 21.9 Å². The molecule has 0 unspecified atom stereocenters. The van der Waals surface area contributed by atoms with Gasteiger partial charge in [-0.3, -0.25) is 14.3 Å². The number of rotatable bonds is 3. The highest BCUT2D eigenvalue weighted by molar-refractivity contribution is 9.10. The van der Waals surface area contributed by atoms with E-state index in [1.807, 2.05) is 24.3 Å². The highest BCUT2D eigenvalue weighted by Crippen LogP contribution is 2.41. The van der Waals surface area contributed by atoms with Crippen LogP contribution in [0.2, 0.25) is 5.02 Å². The lowest BCUT2D eigenvalue weighted by Gasteiger charge is -2.19. The topological polar surface area (TPSA) is 55.2 Å². The molecule has 2 aromatic rings. The van der Waals surface area contributed by atoms with Crippen LogP contribution >= 0.6 is 27.5 Å². The highest BCUT2D eigenvalue weighted by Gasteiger charge is 2.50. The van der Waals surface area contributed by atoms with E-state index >= 15 is 0 Å². The molecular formula is C18H17BrClN3O2. The van der Waals surface area contributed by atoms with E-state index in [4.69, 9.17) is 11.6 Å². The fourth-order valence-electron chi connectivity index (χ4n) is 3.79. The number of hydrogen-bond acceptors (Lipinski definition) is 3. The summed E-state index contributed by atoms with van der Waals surface area (Å²) in [6.45, 7) is 0.474. The van der Waals surface area contributed by atoms with Crippen LogP contribution in [0.1, 0.15) is 31.2 Å². The third-order valence-corrected chi connectivity index (χ3v) is 5.97. The summed E-state index contributed by atoms with van der Waals surface area (Å²) in [5.41, 5.74) is 0.929. The summed E-state index contributed by atoms with van der Waals surface area (Å²) in [6, 6.07) is 7.55. The first-order valence-corrected chi connectivity index (χ1v) is 9.57. The number of benzene rings is 1. The average Bonchev–Trinajstić information content (AvgIpc) is 3.08. The van der Waals surface area contributed by atoms with E-state index in [1.54, 1.807) is 10.9 Å². The predicted octanol–water partition coefficient (Wildman–Crippen LogP) is 4.03. The number of halogens is 2. The summed E-state index contributed by atoms with van der Waals surface area (Å²) in [7, 11) is 0. The number of carbonyl (C=O) groups excluding carboxylic acids is 2. The molecule has 7 heteroatoms. The van der Waals surface area contributed by atoms with Crippen LogP contribution in [0, 0.1) is 11.8 Å². The van der Waals surface area contributed by atoms with Crippen molar-refractivity contribution in [3.8, 4) is 0 Å². The monoisotopic (exact) mass is 421 g/mol. The number of nitrogens with zero attached hydrogens (tertiary/aromatic N) is 3. The molecule has 2 fully saturated rings. The van der Waals surface area contributed by atoms with Crippen LogP contribution in [0.25, 0.3) is 0 Å². The van der Waals surface area contributed by atoms with Crippen molar-refractivity contribution in [2.75, 3.05) is 4.90 Å². The number of carbonyl (C=O) groups is 2. The van der Waals surface area contributed by atoms with Crippen molar-refractivity contribution in [3.05, 3.63) is 45.5 Å². The molecule has 2 heterocycles. The highest BCUT2D eigenvalue weighted by atomic mass is 79.9. The lowest BCUT2D eigenvalue weighted by molar-refractivity contribution is -0.122. The van der Waals surface area contributed by atoms with Crippen molar-refractivity contribution in [3.63, 3.8) is 0 Å². The van der Waals surface area contributed by atoms with Crippen LogP contribution in [0.15, 0.2) is 34.9 Å². The first-order valence-electron chi connectivity index (χ1n) is 8.40. The molecule has 4 rings (SSSR count). The fraction of sp³-hybridized carbons (Fsp3) is 0.389. The molecule has 1 aliphatic carbocycles. The largest absolute Gasteiger partial charge is 0.274 e. The maximum atomic E-state index is 12.7. The third-order valence-electron chi connectivity index (χ3n) is 5.04. The Bertz CT molecular complexity index is 827. The van der Waals surface area contributed by atoms with Crippen molar-refractivity contribution in [2.45, 2.75) is 32.2 Å². The maximum absolute atomic E-state index is 12.7. The van der Waals surface area contributed by atoms with E-state index in [9.17, 15) is 9.59 Å². The number of imide groups is 1. The standard InChI is InChI=1S/C18H17BrClN3O2/c19-14-10-22(9-11-5-1-4-8-15(11)20)21-16(14)23-17(24)12-6-2-3-7-13(12)18(23)25/h1,4-5,8,10,12-13H,2-3,6-7,9H2/t12-,13-/m0/s1. The number of hydrogen-bond donors (Lipinski definition) is 0. The number of anilines is 1. The van der Waals surface area contributed by atoms with E-state index < -0.39 is 0 Å². The van der Waals surface area contributed by atoms with Gasteiger partial charge in [0.15, 0.2) is 5.82 Å². The minimum absolute atomic E-state index is 0.113. The van der Waals surface area contributed by atoms with Crippen LogP contribution in [-0.4, -0.2) is 21.6 Å². The van der Waals surface area contributed by atoms with Crippen molar-refractivity contribution in [1.82, 2.24) is 9.78 Å². The molecule has 0 bridgehead atoms. The van der Waals surface area contributed by atoms with Gasteiger partial charge >= 0.3 is 0 Å². The van der Waals surface area contributed by atoms with Crippen molar-refractivity contribution < 1.29 is 9.59 Å². The molecule has 130 valence electrons. The van der Waals surface area contributed by atoms with E-state index in [2.05, 4.69) is 21.0 Å². The second-order valence-electron chi connectivity index (χ2n) is 6.60.